The Morgan fingerprint density at radius 2 is 1.62 bits per heavy atom. The van der Waals surface area contributed by atoms with Crippen LogP contribution < -0.4 is 15.5 Å². The van der Waals surface area contributed by atoms with Gasteiger partial charge in [0.15, 0.2) is 0 Å². The fraction of sp³-hybridized carbons (Fsp3) is 0.267. The van der Waals surface area contributed by atoms with Gasteiger partial charge in [0.25, 0.3) is 0 Å². The number of hydrogen-bond donors (Lipinski definition) is 1. The number of rotatable bonds is 2. The van der Waals surface area contributed by atoms with Crippen molar-refractivity contribution in [1.82, 2.24) is 4.98 Å². The molecular weight excluding hydrogens is 307 g/mol. The van der Waals surface area contributed by atoms with Crippen molar-refractivity contribution in [1.29, 1.82) is 0 Å². The summed E-state index contributed by atoms with van der Waals surface area (Å²) in [7, 11) is 0. The third-order valence-corrected chi connectivity index (χ3v) is 4.38. The molecule has 1 aliphatic rings. The maximum absolute atomic E-state index is 6.08. The second-order valence-corrected chi connectivity index (χ2v) is 5.84. The lowest BCUT2D eigenvalue weighted by Crippen LogP contribution is -2.46. The molecular formula is C15H16Cl2N4. The van der Waals surface area contributed by atoms with E-state index in [2.05, 4.69) is 14.8 Å². The van der Waals surface area contributed by atoms with Crippen LogP contribution in [0, 0.1) is 0 Å². The van der Waals surface area contributed by atoms with Crippen molar-refractivity contribution in [2.45, 2.75) is 0 Å². The molecule has 0 spiro atoms. The summed E-state index contributed by atoms with van der Waals surface area (Å²) >= 11 is 12.0. The summed E-state index contributed by atoms with van der Waals surface area (Å²) in [4.78, 5) is 8.93. The minimum atomic E-state index is 0.588. The number of nitrogens with zero attached hydrogens (tertiary/aromatic N) is 3. The Morgan fingerprint density at radius 1 is 0.905 bits per heavy atom. The number of piperazine rings is 1. The van der Waals surface area contributed by atoms with Gasteiger partial charge in [0.05, 0.1) is 21.9 Å². The van der Waals surface area contributed by atoms with Gasteiger partial charge in [-0.3, -0.25) is 0 Å². The van der Waals surface area contributed by atoms with E-state index in [1.807, 2.05) is 30.3 Å². The molecule has 0 unspecified atom stereocenters. The first kappa shape index (κ1) is 14.3. The largest absolute Gasteiger partial charge is 0.397 e. The lowest BCUT2D eigenvalue weighted by molar-refractivity contribution is 0.647. The van der Waals surface area contributed by atoms with Gasteiger partial charge in [0.1, 0.15) is 5.82 Å². The number of nitrogen functional groups attached to an aromatic ring is 1. The number of nitrogens with two attached hydrogens (primary N) is 1. The molecule has 0 aliphatic carbocycles. The van der Waals surface area contributed by atoms with Crippen LogP contribution >= 0.6 is 23.2 Å². The highest BCUT2D eigenvalue weighted by molar-refractivity contribution is 6.42. The molecule has 1 saturated heterocycles. The van der Waals surface area contributed by atoms with Gasteiger partial charge in [0.2, 0.25) is 0 Å². The molecule has 0 amide bonds. The summed E-state index contributed by atoms with van der Waals surface area (Å²) in [6.07, 6.45) is 1.70. The summed E-state index contributed by atoms with van der Waals surface area (Å²) in [5.74, 6) is 0.970. The van der Waals surface area contributed by atoms with Crippen molar-refractivity contribution in [3.05, 3.63) is 46.6 Å². The fourth-order valence-electron chi connectivity index (χ4n) is 2.46. The van der Waals surface area contributed by atoms with Gasteiger partial charge in [-0.05, 0) is 30.3 Å². The third-order valence-electron chi connectivity index (χ3n) is 3.64. The summed E-state index contributed by atoms with van der Waals surface area (Å²) in [6, 6.07) is 9.61. The quantitative estimate of drug-likeness (QED) is 0.921. The van der Waals surface area contributed by atoms with Gasteiger partial charge in [-0.25, -0.2) is 4.98 Å². The van der Waals surface area contributed by atoms with E-state index in [0.717, 1.165) is 37.7 Å². The van der Waals surface area contributed by atoms with E-state index in [1.165, 1.54) is 0 Å². The minimum Gasteiger partial charge on any atom is -0.397 e. The number of pyridine rings is 1. The molecule has 4 nitrogen and oxygen atoms in total. The van der Waals surface area contributed by atoms with E-state index in [4.69, 9.17) is 28.9 Å². The van der Waals surface area contributed by atoms with Crippen molar-refractivity contribution in [3.63, 3.8) is 0 Å². The van der Waals surface area contributed by atoms with Crippen LogP contribution in [0.5, 0.6) is 0 Å². The van der Waals surface area contributed by atoms with E-state index in [1.54, 1.807) is 6.20 Å². The van der Waals surface area contributed by atoms with Crippen LogP contribution in [0.1, 0.15) is 0 Å². The maximum Gasteiger partial charge on any atom is 0.128 e. The topological polar surface area (TPSA) is 45.4 Å². The second kappa shape index (κ2) is 6.00. The maximum atomic E-state index is 6.08. The van der Waals surface area contributed by atoms with Crippen LogP contribution in [0.3, 0.4) is 0 Å². The van der Waals surface area contributed by atoms with Crippen LogP contribution in [0.25, 0.3) is 0 Å². The Kier molecular flexibility index (Phi) is 4.08. The zero-order chi connectivity index (χ0) is 14.8. The highest BCUT2D eigenvalue weighted by Crippen LogP contribution is 2.28. The molecule has 0 radical (unpaired) electrons. The van der Waals surface area contributed by atoms with E-state index in [9.17, 15) is 0 Å². The Hall–Kier alpha value is -1.65. The molecule has 1 aliphatic heterocycles. The van der Waals surface area contributed by atoms with Crippen LogP contribution in [0.4, 0.5) is 17.2 Å². The molecule has 2 heterocycles. The molecule has 21 heavy (non-hydrogen) atoms. The predicted octanol–water partition coefficient (Wildman–Crippen LogP) is 3.30. The highest BCUT2D eigenvalue weighted by atomic mass is 35.5. The fourth-order valence-corrected chi connectivity index (χ4v) is 2.75. The average Bonchev–Trinajstić information content (AvgIpc) is 2.51. The Balaban J connectivity index is 1.67. The Bertz CT molecular complexity index is 622. The lowest BCUT2D eigenvalue weighted by atomic mass is 10.2. The molecule has 1 aromatic carbocycles. The number of anilines is 3. The Morgan fingerprint density at radius 3 is 2.24 bits per heavy atom. The van der Waals surface area contributed by atoms with Gasteiger partial charge in [0, 0.05) is 31.9 Å². The molecule has 3 rings (SSSR count). The minimum absolute atomic E-state index is 0.588. The standard InChI is InChI=1S/C15H16Cl2N4/c16-13-3-2-12(9-14(13)17)20-5-7-21(8-6-20)15-4-1-11(18)10-19-15/h1-4,9-10H,5-8,18H2. The molecule has 0 saturated carbocycles. The summed E-state index contributed by atoms with van der Waals surface area (Å²) in [5.41, 5.74) is 7.46. The first-order chi connectivity index (χ1) is 10.1. The van der Waals surface area contributed by atoms with E-state index >= 15 is 0 Å². The van der Waals surface area contributed by atoms with Crippen molar-refractivity contribution < 1.29 is 0 Å². The number of benzene rings is 1. The molecule has 6 heteroatoms. The summed E-state index contributed by atoms with van der Waals surface area (Å²) < 4.78 is 0. The van der Waals surface area contributed by atoms with Gasteiger partial charge < -0.3 is 15.5 Å². The van der Waals surface area contributed by atoms with Gasteiger partial charge >= 0.3 is 0 Å². The van der Waals surface area contributed by atoms with Gasteiger partial charge in [-0.2, -0.15) is 0 Å². The van der Waals surface area contributed by atoms with Gasteiger partial charge in [-0.1, -0.05) is 23.2 Å². The van der Waals surface area contributed by atoms with Gasteiger partial charge in [-0.15, -0.1) is 0 Å². The molecule has 0 atom stereocenters. The smallest absolute Gasteiger partial charge is 0.128 e. The first-order valence-electron chi connectivity index (χ1n) is 6.80. The molecule has 1 aromatic heterocycles. The zero-order valence-corrected chi connectivity index (χ0v) is 13.0. The first-order valence-corrected chi connectivity index (χ1v) is 7.55. The lowest BCUT2D eigenvalue weighted by Gasteiger charge is -2.36. The monoisotopic (exact) mass is 322 g/mol. The van der Waals surface area contributed by atoms with E-state index in [-0.39, 0.29) is 0 Å². The van der Waals surface area contributed by atoms with Crippen molar-refractivity contribution in [2.75, 3.05) is 41.7 Å². The predicted molar refractivity (Wildman–Crippen MR) is 89.5 cm³/mol. The molecule has 2 N–H and O–H groups in total. The summed E-state index contributed by atoms with van der Waals surface area (Å²) in [6.45, 7) is 3.67. The molecule has 0 bridgehead atoms. The molecule has 2 aromatic rings. The SMILES string of the molecule is Nc1ccc(N2CCN(c3ccc(Cl)c(Cl)c3)CC2)nc1. The number of aromatic nitrogens is 1. The van der Waals surface area contributed by atoms with Crippen LogP contribution in [-0.4, -0.2) is 31.2 Å². The van der Waals surface area contributed by atoms with E-state index in [0.29, 0.717) is 15.7 Å². The van der Waals surface area contributed by atoms with Crippen LogP contribution in [0.15, 0.2) is 36.5 Å². The second-order valence-electron chi connectivity index (χ2n) is 5.02. The van der Waals surface area contributed by atoms with Crippen molar-refractivity contribution in [3.8, 4) is 0 Å². The van der Waals surface area contributed by atoms with Crippen LogP contribution in [-0.2, 0) is 0 Å². The van der Waals surface area contributed by atoms with Crippen molar-refractivity contribution >= 4 is 40.4 Å². The highest BCUT2D eigenvalue weighted by Gasteiger charge is 2.18. The summed E-state index contributed by atoms with van der Waals surface area (Å²) in [5, 5.41) is 1.18. The third kappa shape index (κ3) is 3.17. The van der Waals surface area contributed by atoms with Crippen LogP contribution in [0.2, 0.25) is 10.0 Å². The Labute approximate surface area is 134 Å². The number of halogens is 2. The zero-order valence-electron chi connectivity index (χ0n) is 11.5. The molecule has 1 fully saturated rings. The average molecular weight is 323 g/mol. The molecule has 110 valence electrons. The normalized spacial score (nSPS) is 15.3. The number of hydrogen-bond acceptors (Lipinski definition) is 4. The van der Waals surface area contributed by atoms with E-state index < -0.39 is 0 Å². The van der Waals surface area contributed by atoms with Crippen molar-refractivity contribution in [2.24, 2.45) is 0 Å².